The highest BCUT2D eigenvalue weighted by Gasteiger charge is 2.13. The van der Waals surface area contributed by atoms with Crippen LogP contribution in [0.1, 0.15) is 46.7 Å². The molecule has 1 aliphatic rings. The van der Waals surface area contributed by atoms with Crippen LogP contribution >= 0.6 is 11.3 Å². The van der Waals surface area contributed by atoms with Gasteiger partial charge in [0.1, 0.15) is 5.82 Å². The van der Waals surface area contributed by atoms with Crippen LogP contribution in [0.15, 0.2) is 42.5 Å². The van der Waals surface area contributed by atoms with E-state index in [1.807, 2.05) is 18.2 Å². The molecule has 7 heteroatoms. The van der Waals surface area contributed by atoms with Gasteiger partial charge in [0.2, 0.25) is 0 Å². The summed E-state index contributed by atoms with van der Waals surface area (Å²) >= 11 is 1.75. The number of hydrogen-bond donors (Lipinski definition) is 2. The quantitative estimate of drug-likeness (QED) is 0.665. The summed E-state index contributed by atoms with van der Waals surface area (Å²) in [5, 5.41) is 10.1. The summed E-state index contributed by atoms with van der Waals surface area (Å²) in [6.45, 7) is 3.72. The molecule has 1 aromatic carbocycles. The van der Waals surface area contributed by atoms with E-state index in [1.54, 1.807) is 23.5 Å². The summed E-state index contributed by atoms with van der Waals surface area (Å²) in [7, 11) is 0. The minimum Gasteiger partial charge on any atom is -0.345 e. The van der Waals surface area contributed by atoms with E-state index < -0.39 is 0 Å². The molecule has 1 fully saturated rings. The molecular formula is C21H25N5OS. The Hall–Kier alpha value is -2.51. The minimum absolute atomic E-state index is 0.116. The van der Waals surface area contributed by atoms with Gasteiger partial charge in [0.25, 0.3) is 5.91 Å². The molecule has 3 aromatic rings. The maximum absolute atomic E-state index is 12.1. The van der Waals surface area contributed by atoms with Crippen LogP contribution in [0.25, 0.3) is 10.7 Å². The van der Waals surface area contributed by atoms with Crippen molar-refractivity contribution in [2.75, 3.05) is 13.1 Å². The molecule has 0 saturated carbocycles. The lowest BCUT2D eigenvalue weighted by molar-refractivity contribution is 0.0950. The number of nitrogens with one attached hydrogen (secondary N) is 2. The summed E-state index contributed by atoms with van der Waals surface area (Å²) in [5.41, 5.74) is 0.638. The van der Waals surface area contributed by atoms with E-state index >= 15 is 0 Å². The first-order valence-electron chi connectivity index (χ1n) is 9.84. The molecule has 0 aliphatic carbocycles. The van der Waals surface area contributed by atoms with Gasteiger partial charge in [-0.05, 0) is 50.2 Å². The minimum atomic E-state index is -0.116. The third-order valence-electron chi connectivity index (χ3n) is 4.94. The predicted octanol–water partition coefficient (Wildman–Crippen LogP) is 3.84. The van der Waals surface area contributed by atoms with Gasteiger partial charge in [0.15, 0.2) is 5.82 Å². The van der Waals surface area contributed by atoms with Crippen LogP contribution in [0.5, 0.6) is 0 Å². The molecule has 2 aromatic heterocycles. The standard InChI is InChI=1S/C21H25N5OS/c27-21(16-8-4-3-5-9-16)22-14-19-23-20(25-24-19)18-11-10-17(28-18)15-26-12-6-1-2-7-13-26/h3-5,8-11H,1-2,6-7,12-15H2,(H,22,27)(H,23,24,25). The number of aromatic nitrogens is 3. The van der Waals surface area contributed by atoms with E-state index in [0.717, 1.165) is 11.4 Å². The molecular weight excluding hydrogens is 370 g/mol. The molecule has 1 amide bonds. The molecule has 1 saturated heterocycles. The second-order valence-electron chi connectivity index (χ2n) is 7.11. The Labute approximate surface area is 169 Å². The second-order valence-corrected chi connectivity index (χ2v) is 8.28. The molecule has 3 heterocycles. The number of thiophene rings is 1. The van der Waals surface area contributed by atoms with Crippen molar-refractivity contribution in [1.29, 1.82) is 0 Å². The molecule has 6 nitrogen and oxygen atoms in total. The van der Waals surface area contributed by atoms with Gasteiger partial charge in [0, 0.05) is 17.0 Å². The summed E-state index contributed by atoms with van der Waals surface area (Å²) in [6, 6.07) is 13.4. The number of rotatable bonds is 6. The molecule has 1 aliphatic heterocycles. The topological polar surface area (TPSA) is 73.9 Å². The van der Waals surface area contributed by atoms with Crippen molar-refractivity contribution in [3.8, 4) is 10.7 Å². The third-order valence-corrected chi connectivity index (χ3v) is 6.01. The zero-order valence-corrected chi connectivity index (χ0v) is 16.7. The van der Waals surface area contributed by atoms with E-state index in [0.29, 0.717) is 23.8 Å². The van der Waals surface area contributed by atoms with Gasteiger partial charge in [-0.2, -0.15) is 5.10 Å². The number of aromatic amines is 1. The number of nitrogens with zero attached hydrogens (tertiary/aromatic N) is 3. The fourth-order valence-electron chi connectivity index (χ4n) is 3.44. The average molecular weight is 396 g/mol. The first-order chi connectivity index (χ1) is 13.8. The van der Waals surface area contributed by atoms with E-state index in [9.17, 15) is 4.79 Å². The molecule has 28 heavy (non-hydrogen) atoms. The van der Waals surface area contributed by atoms with Crippen LogP contribution in [0.4, 0.5) is 0 Å². The van der Waals surface area contributed by atoms with Gasteiger partial charge in [-0.1, -0.05) is 31.0 Å². The monoisotopic (exact) mass is 395 g/mol. The third kappa shape index (κ3) is 4.85. The lowest BCUT2D eigenvalue weighted by Crippen LogP contribution is -2.23. The number of H-pyrrole nitrogens is 1. The summed E-state index contributed by atoms with van der Waals surface area (Å²) in [4.78, 5) is 21.6. The maximum atomic E-state index is 12.1. The van der Waals surface area contributed by atoms with Gasteiger partial charge in [-0.15, -0.1) is 11.3 Å². The highest BCUT2D eigenvalue weighted by atomic mass is 32.1. The Kier molecular flexibility index (Phi) is 6.14. The molecule has 0 atom stereocenters. The largest absolute Gasteiger partial charge is 0.345 e. The Bertz CT molecular complexity index is 896. The SMILES string of the molecule is O=C(NCc1nc(-c2ccc(CN3CCCCCC3)s2)n[nH]1)c1ccccc1. The number of hydrogen-bond acceptors (Lipinski definition) is 5. The van der Waals surface area contributed by atoms with Crippen molar-refractivity contribution in [3.05, 3.63) is 58.7 Å². The molecule has 4 rings (SSSR count). The van der Waals surface area contributed by atoms with Gasteiger partial charge < -0.3 is 5.32 Å². The summed E-state index contributed by atoms with van der Waals surface area (Å²) in [6.07, 6.45) is 5.31. The first kappa shape index (κ1) is 18.8. The van der Waals surface area contributed by atoms with Crippen LogP contribution in [0.3, 0.4) is 0 Å². The van der Waals surface area contributed by atoms with Crippen molar-refractivity contribution in [2.24, 2.45) is 0 Å². The number of carbonyl (C=O) groups is 1. The smallest absolute Gasteiger partial charge is 0.251 e. The molecule has 0 spiro atoms. The van der Waals surface area contributed by atoms with Gasteiger partial charge >= 0.3 is 0 Å². The highest BCUT2D eigenvalue weighted by molar-refractivity contribution is 7.15. The Morgan fingerprint density at radius 2 is 1.86 bits per heavy atom. The number of benzene rings is 1. The summed E-state index contributed by atoms with van der Waals surface area (Å²) < 4.78 is 0. The van der Waals surface area contributed by atoms with Crippen LogP contribution in [-0.2, 0) is 13.1 Å². The predicted molar refractivity (Wildman–Crippen MR) is 111 cm³/mol. The second kappa shape index (κ2) is 9.12. The summed E-state index contributed by atoms with van der Waals surface area (Å²) in [5.74, 6) is 1.23. The average Bonchev–Trinajstić information content (AvgIpc) is 3.31. The molecule has 0 unspecified atom stereocenters. The lowest BCUT2D eigenvalue weighted by atomic mass is 10.2. The Balaban J connectivity index is 1.34. The van der Waals surface area contributed by atoms with Crippen molar-refractivity contribution >= 4 is 17.2 Å². The van der Waals surface area contributed by atoms with Crippen molar-refractivity contribution in [3.63, 3.8) is 0 Å². The number of carbonyl (C=O) groups excluding carboxylic acids is 1. The van der Waals surface area contributed by atoms with Gasteiger partial charge in [-0.25, -0.2) is 4.98 Å². The van der Waals surface area contributed by atoms with Crippen molar-refractivity contribution in [2.45, 2.75) is 38.8 Å². The van der Waals surface area contributed by atoms with Crippen LogP contribution < -0.4 is 5.32 Å². The molecule has 2 N–H and O–H groups in total. The van der Waals surface area contributed by atoms with Crippen LogP contribution in [-0.4, -0.2) is 39.1 Å². The molecule has 0 bridgehead atoms. The fraction of sp³-hybridized carbons (Fsp3) is 0.381. The Morgan fingerprint density at radius 3 is 2.64 bits per heavy atom. The highest BCUT2D eigenvalue weighted by Crippen LogP contribution is 2.27. The van der Waals surface area contributed by atoms with Crippen molar-refractivity contribution < 1.29 is 4.79 Å². The van der Waals surface area contributed by atoms with Crippen molar-refractivity contribution in [1.82, 2.24) is 25.4 Å². The van der Waals surface area contributed by atoms with E-state index in [-0.39, 0.29) is 5.91 Å². The molecule has 146 valence electrons. The maximum Gasteiger partial charge on any atom is 0.251 e. The van der Waals surface area contributed by atoms with Gasteiger partial charge in [-0.3, -0.25) is 14.8 Å². The van der Waals surface area contributed by atoms with Gasteiger partial charge in [0.05, 0.1) is 11.4 Å². The van der Waals surface area contributed by atoms with Crippen LogP contribution in [0.2, 0.25) is 0 Å². The van der Waals surface area contributed by atoms with E-state index in [2.05, 4.69) is 37.5 Å². The first-order valence-corrected chi connectivity index (χ1v) is 10.7. The number of likely N-dealkylation sites (tertiary alicyclic amines) is 1. The lowest BCUT2D eigenvalue weighted by Gasteiger charge is -2.18. The zero-order valence-electron chi connectivity index (χ0n) is 15.9. The zero-order chi connectivity index (χ0) is 19.2. The number of amides is 1. The van der Waals surface area contributed by atoms with E-state index in [4.69, 9.17) is 0 Å². The Morgan fingerprint density at radius 1 is 1.07 bits per heavy atom. The fourth-order valence-corrected chi connectivity index (χ4v) is 4.42. The van der Waals surface area contributed by atoms with E-state index in [1.165, 1.54) is 43.6 Å². The molecule has 0 radical (unpaired) electrons. The van der Waals surface area contributed by atoms with Crippen LogP contribution in [0, 0.1) is 0 Å². The normalized spacial score (nSPS) is 15.3.